The fourth-order valence-electron chi connectivity index (χ4n) is 3.55. The maximum Gasteiger partial charge on any atom is 0.193 e. The highest BCUT2D eigenvalue weighted by atomic mass is 19.1. The minimum atomic E-state index is -0.227. The zero-order valence-corrected chi connectivity index (χ0v) is 16.9. The largest absolute Gasteiger partial charge is 0.367 e. The van der Waals surface area contributed by atoms with Crippen molar-refractivity contribution < 1.29 is 9.13 Å². The molecule has 2 unspecified atom stereocenters. The number of ether oxygens (including phenoxy) is 1. The summed E-state index contributed by atoms with van der Waals surface area (Å²) in [5.74, 6) is 0.661. The summed E-state index contributed by atoms with van der Waals surface area (Å²) in [6, 6.07) is 6.57. The lowest BCUT2D eigenvalue weighted by molar-refractivity contribution is -0.0606. The molecule has 146 valence electrons. The molecule has 0 aromatic heterocycles. The fourth-order valence-corrected chi connectivity index (χ4v) is 3.55. The first kappa shape index (κ1) is 20.6. The molecular weight excluding hydrogens is 331 g/mol. The number of hydrogen-bond acceptors (Lipinski definition) is 3. The van der Waals surface area contributed by atoms with Gasteiger partial charge in [0.2, 0.25) is 0 Å². The fraction of sp³-hybridized carbons (Fsp3) is 0.650. The van der Waals surface area contributed by atoms with E-state index in [1.54, 1.807) is 12.1 Å². The van der Waals surface area contributed by atoms with Crippen molar-refractivity contribution in [3.63, 3.8) is 0 Å². The highest BCUT2D eigenvalue weighted by molar-refractivity contribution is 5.80. The third kappa shape index (κ3) is 5.95. The van der Waals surface area contributed by atoms with Crippen molar-refractivity contribution in [1.82, 2.24) is 15.1 Å². The number of morpholine rings is 1. The third-order valence-electron chi connectivity index (χ3n) is 4.48. The number of aliphatic imine (C=N–C) groups is 1. The molecule has 1 aromatic carbocycles. The van der Waals surface area contributed by atoms with Crippen LogP contribution in [-0.2, 0) is 4.74 Å². The number of guanidine groups is 1. The second-order valence-corrected chi connectivity index (χ2v) is 8.19. The highest BCUT2D eigenvalue weighted by Gasteiger charge is 2.29. The number of nitrogens with zero attached hydrogens (tertiary/aromatic N) is 3. The van der Waals surface area contributed by atoms with Gasteiger partial charge in [-0.05, 0) is 44.1 Å². The number of halogens is 1. The second-order valence-electron chi connectivity index (χ2n) is 8.19. The standard InChI is InChI=1S/C20H33FN4O/c1-15-11-25(12-18(26-15)16-7-9-17(21)10-8-16)19(22-4)23-13-20(2,3)14-24(5)6/h7-10,15,18H,11-14H2,1-6H3,(H,22,23). The number of nitrogens with one attached hydrogen (secondary N) is 1. The van der Waals surface area contributed by atoms with Crippen LogP contribution in [0.5, 0.6) is 0 Å². The van der Waals surface area contributed by atoms with Crippen LogP contribution in [0, 0.1) is 11.2 Å². The number of rotatable bonds is 5. The Hall–Kier alpha value is -1.66. The van der Waals surface area contributed by atoms with Crippen LogP contribution in [0.1, 0.15) is 32.4 Å². The van der Waals surface area contributed by atoms with Crippen LogP contribution in [-0.4, -0.2) is 69.2 Å². The first-order valence-electron chi connectivity index (χ1n) is 9.21. The van der Waals surface area contributed by atoms with Crippen LogP contribution in [0.15, 0.2) is 29.3 Å². The van der Waals surface area contributed by atoms with Crippen molar-refractivity contribution in [3.05, 3.63) is 35.6 Å². The maximum absolute atomic E-state index is 13.2. The molecule has 2 rings (SSSR count). The van der Waals surface area contributed by atoms with Gasteiger partial charge in [-0.1, -0.05) is 26.0 Å². The Labute approximate surface area is 157 Å². The summed E-state index contributed by atoms with van der Waals surface area (Å²) >= 11 is 0. The molecule has 5 nitrogen and oxygen atoms in total. The van der Waals surface area contributed by atoms with Crippen LogP contribution in [0.2, 0.25) is 0 Å². The van der Waals surface area contributed by atoms with E-state index in [0.717, 1.165) is 31.2 Å². The third-order valence-corrected chi connectivity index (χ3v) is 4.48. The van der Waals surface area contributed by atoms with Gasteiger partial charge in [0.15, 0.2) is 5.96 Å². The Morgan fingerprint density at radius 1 is 1.31 bits per heavy atom. The monoisotopic (exact) mass is 364 g/mol. The Morgan fingerprint density at radius 3 is 2.54 bits per heavy atom. The Bertz CT molecular complexity index is 600. The van der Waals surface area contributed by atoms with Gasteiger partial charge in [-0.2, -0.15) is 0 Å². The summed E-state index contributed by atoms with van der Waals surface area (Å²) in [5, 5.41) is 3.52. The summed E-state index contributed by atoms with van der Waals surface area (Å²) in [6.07, 6.45) is -0.0141. The Balaban J connectivity index is 2.03. The summed E-state index contributed by atoms with van der Waals surface area (Å²) < 4.78 is 19.3. The lowest BCUT2D eigenvalue weighted by Gasteiger charge is -2.39. The lowest BCUT2D eigenvalue weighted by atomic mass is 9.93. The zero-order valence-electron chi connectivity index (χ0n) is 16.9. The molecule has 2 atom stereocenters. The molecule has 26 heavy (non-hydrogen) atoms. The van der Waals surface area contributed by atoms with Crippen LogP contribution in [0.25, 0.3) is 0 Å². The van der Waals surface area contributed by atoms with E-state index in [0.29, 0.717) is 6.54 Å². The van der Waals surface area contributed by atoms with Crippen molar-refractivity contribution >= 4 is 5.96 Å². The summed E-state index contributed by atoms with van der Waals surface area (Å²) in [5.41, 5.74) is 1.12. The van der Waals surface area contributed by atoms with Gasteiger partial charge in [0, 0.05) is 26.7 Å². The number of hydrogen-bond donors (Lipinski definition) is 1. The second kappa shape index (κ2) is 8.82. The van der Waals surface area contributed by atoms with E-state index in [-0.39, 0.29) is 23.4 Å². The summed E-state index contributed by atoms with van der Waals surface area (Å²) in [4.78, 5) is 8.90. The van der Waals surface area contributed by atoms with Crippen molar-refractivity contribution in [2.24, 2.45) is 10.4 Å². The molecule has 1 fully saturated rings. The Morgan fingerprint density at radius 2 is 1.96 bits per heavy atom. The quantitative estimate of drug-likeness (QED) is 0.644. The van der Waals surface area contributed by atoms with Crippen LogP contribution in [0.4, 0.5) is 4.39 Å². The normalized spacial score (nSPS) is 22.0. The van der Waals surface area contributed by atoms with Crippen molar-refractivity contribution in [3.8, 4) is 0 Å². The average Bonchev–Trinajstić information content (AvgIpc) is 2.54. The van der Waals surface area contributed by atoms with Crippen LogP contribution < -0.4 is 5.32 Å². The van der Waals surface area contributed by atoms with Gasteiger partial charge in [0.1, 0.15) is 11.9 Å². The van der Waals surface area contributed by atoms with E-state index in [2.05, 4.69) is 55.0 Å². The molecule has 1 heterocycles. The molecule has 1 N–H and O–H groups in total. The van der Waals surface area contributed by atoms with Gasteiger partial charge >= 0.3 is 0 Å². The van der Waals surface area contributed by atoms with Gasteiger partial charge in [0.05, 0.1) is 12.6 Å². The van der Waals surface area contributed by atoms with Gasteiger partial charge in [0.25, 0.3) is 0 Å². The Kier molecular flexibility index (Phi) is 7.01. The van der Waals surface area contributed by atoms with E-state index < -0.39 is 0 Å². The molecule has 1 aromatic rings. The molecule has 0 radical (unpaired) electrons. The van der Waals surface area contributed by atoms with E-state index in [1.165, 1.54) is 12.1 Å². The smallest absolute Gasteiger partial charge is 0.193 e. The van der Waals surface area contributed by atoms with E-state index in [9.17, 15) is 4.39 Å². The molecule has 1 saturated heterocycles. The minimum absolute atomic E-state index is 0.0761. The minimum Gasteiger partial charge on any atom is -0.367 e. The van der Waals surface area contributed by atoms with Crippen LogP contribution >= 0.6 is 0 Å². The zero-order chi connectivity index (χ0) is 19.3. The molecule has 0 saturated carbocycles. The van der Waals surface area contributed by atoms with Crippen molar-refractivity contribution in [1.29, 1.82) is 0 Å². The van der Waals surface area contributed by atoms with E-state index in [1.807, 2.05) is 7.05 Å². The van der Waals surface area contributed by atoms with Gasteiger partial charge in [-0.15, -0.1) is 0 Å². The predicted molar refractivity (Wildman–Crippen MR) is 105 cm³/mol. The molecule has 1 aliphatic rings. The molecule has 0 aliphatic carbocycles. The molecule has 6 heteroatoms. The maximum atomic E-state index is 13.2. The van der Waals surface area contributed by atoms with Gasteiger partial charge < -0.3 is 19.9 Å². The molecule has 0 amide bonds. The first-order chi connectivity index (χ1) is 12.2. The van der Waals surface area contributed by atoms with Crippen molar-refractivity contribution in [2.45, 2.75) is 33.0 Å². The van der Waals surface area contributed by atoms with Gasteiger partial charge in [-0.25, -0.2) is 4.39 Å². The van der Waals surface area contributed by atoms with E-state index in [4.69, 9.17) is 4.74 Å². The topological polar surface area (TPSA) is 40.1 Å². The highest BCUT2D eigenvalue weighted by Crippen LogP contribution is 2.25. The lowest BCUT2D eigenvalue weighted by Crippen LogP contribution is -2.52. The molecule has 0 bridgehead atoms. The van der Waals surface area contributed by atoms with Gasteiger partial charge in [-0.3, -0.25) is 4.99 Å². The molecule has 1 aliphatic heterocycles. The van der Waals surface area contributed by atoms with Crippen LogP contribution in [0.3, 0.4) is 0 Å². The number of benzene rings is 1. The van der Waals surface area contributed by atoms with E-state index >= 15 is 0 Å². The SMILES string of the molecule is CN=C(NCC(C)(C)CN(C)C)N1CC(C)OC(c2ccc(F)cc2)C1. The summed E-state index contributed by atoms with van der Waals surface area (Å²) in [6.45, 7) is 9.87. The predicted octanol–water partition coefficient (Wildman–Crippen LogP) is 2.75. The first-order valence-corrected chi connectivity index (χ1v) is 9.21. The molecule has 0 spiro atoms. The summed E-state index contributed by atoms with van der Waals surface area (Å²) in [7, 11) is 6.00. The average molecular weight is 365 g/mol. The van der Waals surface area contributed by atoms with Crippen molar-refractivity contribution in [2.75, 3.05) is 47.3 Å². The molecular formula is C20H33FN4O.